The van der Waals surface area contributed by atoms with Gasteiger partial charge in [0.05, 0.1) is 4.92 Å². The highest BCUT2D eigenvalue weighted by molar-refractivity contribution is 5.50. The van der Waals surface area contributed by atoms with Crippen LogP contribution in [0.4, 0.5) is 11.4 Å². The number of hydrogen-bond donors (Lipinski definition) is 1. The molecule has 1 aliphatic heterocycles. The minimum atomic E-state index is -0.354. The standard InChI is InChI=1S/C14H21N3O2/c1-2-16(11-12-7-9-15-10-8-12)13-3-5-14(6-4-13)17(18)19/h3-6,12,15H,2,7-11H2,1H3. The predicted octanol–water partition coefficient (Wildman–Crippen LogP) is 2.42. The molecule has 0 unspecified atom stereocenters. The van der Waals surface area contributed by atoms with Crippen molar-refractivity contribution in [3.63, 3.8) is 0 Å². The number of piperidine rings is 1. The monoisotopic (exact) mass is 263 g/mol. The largest absolute Gasteiger partial charge is 0.372 e. The van der Waals surface area contributed by atoms with Crippen molar-refractivity contribution in [2.45, 2.75) is 19.8 Å². The first-order valence-electron chi connectivity index (χ1n) is 6.91. The van der Waals surface area contributed by atoms with Crippen molar-refractivity contribution in [3.05, 3.63) is 34.4 Å². The molecule has 0 radical (unpaired) electrons. The summed E-state index contributed by atoms with van der Waals surface area (Å²) in [6, 6.07) is 6.87. The van der Waals surface area contributed by atoms with Gasteiger partial charge in [-0.05, 0) is 50.9 Å². The fourth-order valence-electron chi connectivity index (χ4n) is 2.58. The first-order valence-corrected chi connectivity index (χ1v) is 6.91. The summed E-state index contributed by atoms with van der Waals surface area (Å²) in [5.74, 6) is 0.719. The molecule has 0 bridgehead atoms. The summed E-state index contributed by atoms with van der Waals surface area (Å²) in [6.07, 6.45) is 2.42. The molecule has 104 valence electrons. The fraction of sp³-hybridized carbons (Fsp3) is 0.571. The Morgan fingerprint density at radius 2 is 1.95 bits per heavy atom. The van der Waals surface area contributed by atoms with Crippen LogP contribution in [0.3, 0.4) is 0 Å². The van der Waals surface area contributed by atoms with Gasteiger partial charge in [-0.15, -0.1) is 0 Å². The van der Waals surface area contributed by atoms with E-state index < -0.39 is 0 Å². The third-order valence-electron chi connectivity index (χ3n) is 3.74. The van der Waals surface area contributed by atoms with Gasteiger partial charge < -0.3 is 10.2 Å². The molecular formula is C14H21N3O2. The molecule has 5 nitrogen and oxygen atoms in total. The van der Waals surface area contributed by atoms with E-state index in [0.29, 0.717) is 0 Å². The number of rotatable bonds is 5. The Labute approximate surface area is 113 Å². The first-order chi connectivity index (χ1) is 9.20. The van der Waals surface area contributed by atoms with Gasteiger partial charge in [-0.25, -0.2) is 0 Å². The number of anilines is 1. The van der Waals surface area contributed by atoms with E-state index in [1.807, 2.05) is 12.1 Å². The second-order valence-corrected chi connectivity index (χ2v) is 5.01. The fourth-order valence-corrected chi connectivity index (χ4v) is 2.58. The number of nitrogens with zero attached hydrogens (tertiary/aromatic N) is 2. The van der Waals surface area contributed by atoms with E-state index in [1.165, 1.54) is 12.8 Å². The molecule has 2 rings (SSSR count). The minimum Gasteiger partial charge on any atom is -0.372 e. The summed E-state index contributed by atoms with van der Waals surface area (Å²) >= 11 is 0. The zero-order valence-electron chi connectivity index (χ0n) is 11.3. The molecule has 0 spiro atoms. The van der Waals surface area contributed by atoms with Crippen LogP contribution in [0.25, 0.3) is 0 Å². The Balaban J connectivity index is 2.01. The van der Waals surface area contributed by atoms with Gasteiger partial charge in [0.25, 0.3) is 5.69 Å². The molecule has 0 aromatic heterocycles. The van der Waals surface area contributed by atoms with Gasteiger partial charge in [0.2, 0.25) is 0 Å². The molecule has 1 aromatic rings. The number of non-ortho nitro benzene ring substituents is 1. The summed E-state index contributed by atoms with van der Waals surface area (Å²) in [5, 5.41) is 14.0. The van der Waals surface area contributed by atoms with Crippen LogP contribution in [0.5, 0.6) is 0 Å². The lowest BCUT2D eigenvalue weighted by Crippen LogP contribution is -2.36. The smallest absolute Gasteiger partial charge is 0.269 e. The van der Waals surface area contributed by atoms with Gasteiger partial charge in [-0.1, -0.05) is 0 Å². The predicted molar refractivity (Wildman–Crippen MR) is 76.6 cm³/mol. The number of benzene rings is 1. The van der Waals surface area contributed by atoms with Crippen LogP contribution in [0, 0.1) is 16.0 Å². The van der Waals surface area contributed by atoms with Gasteiger partial charge in [-0.3, -0.25) is 10.1 Å². The normalized spacial score (nSPS) is 16.3. The van der Waals surface area contributed by atoms with Crippen LogP contribution in [0.15, 0.2) is 24.3 Å². The number of nitro groups is 1. The lowest BCUT2D eigenvalue weighted by atomic mass is 9.97. The van der Waals surface area contributed by atoms with Gasteiger partial charge in [0.1, 0.15) is 0 Å². The van der Waals surface area contributed by atoms with Crippen molar-refractivity contribution < 1.29 is 4.92 Å². The van der Waals surface area contributed by atoms with Crippen molar-refractivity contribution in [2.75, 3.05) is 31.1 Å². The highest BCUT2D eigenvalue weighted by atomic mass is 16.6. The Hall–Kier alpha value is -1.62. The van der Waals surface area contributed by atoms with Gasteiger partial charge in [0.15, 0.2) is 0 Å². The summed E-state index contributed by atoms with van der Waals surface area (Å²) in [6.45, 7) is 6.30. The third-order valence-corrected chi connectivity index (χ3v) is 3.74. The summed E-state index contributed by atoms with van der Waals surface area (Å²) < 4.78 is 0. The molecule has 1 fully saturated rings. The van der Waals surface area contributed by atoms with E-state index >= 15 is 0 Å². The van der Waals surface area contributed by atoms with Crippen molar-refractivity contribution in [2.24, 2.45) is 5.92 Å². The molecule has 19 heavy (non-hydrogen) atoms. The van der Waals surface area contributed by atoms with Crippen LogP contribution in [0.1, 0.15) is 19.8 Å². The van der Waals surface area contributed by atoms with Crippen molar-refractivity contribution in [3.8, 4) is 0 Å². The Kier molecular flexibility index (Phi) is 4.74. The van der Waals surface area contributed by atoms with E-state index in [2.05, 4.69) is 17.1 Å². The highest BCUT2D eigenvalue weighted by Gasteiger charge is 2.17. The first kappa shape index (κ1) is 13.8. The lowest BCUT2D eigenvalue weighted by Gasteiger charge is -2.30. The highest BCUT2D eigenvalue weighted by Crippen LogP contribution is 2.22. The molecule has 0 amide bonds. The second-order valence-electron chi connectivity index (χ2n) is 5.01. The van der Waals surface area contributed by atoms with E-state index in [1.54, 1.807) is 12.1 Å². The summed E-state index contributed by atoms with van der Waals surface area (Å²) in [4.78, 5) is 12.6. The van der Waals surface area contributed by atoms with Crippen LogP contribution in [-0.4, -0.2) is 31.1 Å². The minimum absolute atomic E-state index is 0.154. The molecule has 1 aromatic carbocycles. The van der Waals surface area contributed by atoms with Gasteiger partial charge >= 0.3 is 0 Å². The van der Waals surface area contributed by atoms with Crippen LogP contribution < -0.4 is 10.2 Å². The van der Waals surface area contributed by atoms with E-state index in [-0.39, 0.29) is 10.6 Å². The Morgan fingerprint density at radius 1 is 1.32 bits per heavy atom. The zero-order chi connectivity index (χ0) is 13.7. The molecule has 1 N–H and O–H groups in total. The Bertz CT molecular complexity index is 413. The second kappa shape index (κ2) is 6.52. The van der Waals surface area contributed by atoms with Gasteiger partial charge in [0, 0.05) is 30.9 Å². The third kappa shape index (κ3) is 3.67. The van der Waals surface area contributed by atoms with Crippen LogP contribution >= 0.6 is 0 Å². The van der Waals surface area contributed by atoms with E-state index in [0.717, 1.165) is 37.8 Å². The molecular weight excluding hydrogens is 242 g/mol. The van der Waals surface area contributed by atoms with Crippen molar-refractivity contribution in [1.82, 2.24) is 5.32 Å². The summed E-state index contributed by atoms with van der Waals surface area (Å²) in [7, 11) is 0. The maximum Gasteiger partial charge on any atom is 0.269 e. The SMILES string of the molecule is CCN(CC1CCNCC1)c1ccc([N+](=O)[O-])cc1. The molecule has 1 heterocycles. The molecule has 0 saturated carbocycles. The van der Waals surface area contributed by atoms with Crippen molar-refractivity contribution in [1.29, 1.82) is 0 Å². The van der Waals surface area contributed by atoms with Gasteiger partial charge in [-0.2, -0.15) is 0 Å². The topological polar surface area (TPSA) is 58.4 Å². The quantitative estimate of drug-likeness (QED) is 0.654. The molecule has 1 aliphatic rings. The zero-order valence-corrected chi connectivity index (χ0v) is 11.3. The van der Waals surface area contributed by atoms with E-state index in [4.69, 9.17) is 0 Å². The number of nitrogens with one attached hydrogen (secondary N) is 1. The molecule has 5 heteroatoms. The number of hydrogen-bond acceptors (Lipinski definition) is 4. The summed E-state index contributed by atoms with van der Waals surface area (Å²) in [5.41, 5.74) is 1.23. The maximum atomic E-state index is 10.7. The van der Waals surface area contributed by atoms with Crippen molar-refractivity contribution >= 4 is 11.4 Å². The maximum absolute atomic E-state index is 10.7. The Morgan fingerprint density at radius 3 is 2.47 bits per heavy atom. The lowest BCUT2D eigenvalue weighted by molar-refractivity contribution is -0.384. The van der Waals surface area contributed by atoms with Crippen LogP contribution in [-0.2, 0) is 0 Å². The number of nitro benzene ring substituents is 1. The average molecular weight is 263 g/mol. The van der Waals surface area contributed by atoms with E-state index in [9.17, 15) is 10.1 Å². The molecule has 1 saturated heterocycles. The average Bonchev–Trinajstić information content (AvgIpc) is 2.46. The molecule has 0 atom stereocenters. The van der Waals surface area contributed by atoms with Crippen LogP contribution in [0.2, 0.25) is 0 Å². The molecule has 0 aliphatic carbocycles.